The molecule has 0 unspecified atom stereocenters. The van der Waals surface area contributed by atoms with Crippen LogP contribution in [-0.4, -0.2) is 49.5 Å². The molecule has 1 aliphatic rings. The van der Waals surface area contributed by atoms with Crippen LogP contribution in [0.25, 0.3) is 0 Å². The second-order valence-corrected chi connectivity index (χ2v) is 5.36. The molecular weight excluding hydrogens is 242 g/mol. The second kappa shape index (κ2) is 6.37. The average molecular weight is 265 g/mol. The van der Waals surface area contributed by atoms with Crippen LogP contribution >= 0.6 is 0 Å². The Bertz CT molecular complexity index is 402. The normalized spacial score (nSPS) is 18.5. The molecule has 1 N–H and O–H groups in total. The lowest BCUT2D eigenvalue weighted by atomic mass is 9.94. The molecule has 1 fully saturated rings. The van der Waals surface area contributed by atoms with Gasteiger partial charge in [-0.2, -0.15) is 0 Å². The number of likely N-dealkylation sites (N-methyl/N-ethyl adjacent to an activating group) is 1. The molecule has 0 atom stereocenters. The van der Waals surface area contributed by atoms with E-state index in [2.05, 4.69) is 11.0 Å². The third kappa shape index (κ3) is 4.20. The summed E-state index contributed by atoms with van der Waals surface area (Å²) in [6, 6.07) is 8.04. The first-order valence-corrected chi connectivity index (χ1v) is 6.73. The standard InChI is InChI=1S/C15H23NO3/c1-16(12-15(17)6-8-19-9-7-15)11-13-4-3-5-14(10-13)18-2/h3-5,10,17H,6-9,11-12H2,1-2H3. The van der Waals surface area contributed by atoms with Crippen molar-refractivity contribution in [2.24, 2.45) is 0 Å². The maximum Gasteiger partial charge on any atom is 0.119 e. The first-order valence-electron chi connectivity index (χ1n) is 6.73. The number of benzene rings is 1. The molecule has 2 rings (SSSR count). The van der Waals surface area contributed by atoms with E-state index in [-0.39, 0.29) is 0 Å². The number of aliphatic hydroxyl groups is 1. The summed E-state index contributed by atoms with van der Waals surface area (Å²) in [5.41, 5.74) is 0.587. The van der Waals surface area contributed by atoms with Crippen LogP contribution in [0.15, 0.2) is 24.3 Å². The van der Waals surface area contributed by atoms with Crippen molar-refractivity contribution >= 4 is 0 Å². The molecule has 1 saturated heterocycles. The minimum Gasteiger partial charge on any atom is -0.497 e. The summed E-state index contributed by atoms with van der Waals surface area (Å²) in [4.78, 5) is 2.15. The molecule has 4 nitrogen and oxygen atoms in total. The van der Waals surface area contributed by atoms with Crippen molar-refractivity contribution in [1.82, 2.24) is 4.90 Å². The molecule has 1 aromatic rings. The Balaban J connectivity index is 1.91. The van der Waals surface area contributed by atoms with Gasteiger partial charge in [0.15, 0.2) is 0 Å². The van der Waals surface area contributed by atoms with Gasteiger partial charge in [-0.15, -0.1) is 0 Å². The molecule has 106 valence electrons. The Labute approximate surface area is 114 Å². The summed E-state index contributed by atoms with van der Waals surface area (Å²) in [6.07, 6.45) is 1.44. The fraction of sp³-hybridized carbons (Fsp3) is 0.600. The van der Waals surface area contributed by atoms with E-state index < -0.39 is 5.60 Å². The molecule has 0 spiro atoms. The predicted octanol–water partition coefficient (Wildman–Crippen LogP) is 1.67. The molecule has 0 bridgehead atoms. The molecule has 0 radical (unpaired) electrons. The van der Waals surface area contributed by atoms with Crippen LogP contribution in [0, 0.1) is 0 Å². The van der Waals surface area contributed by atoms with Crippen LogP contribution in [0.3, 0.4) is 0 Å². The van der Waals surface area contributed by atoms with Crippen molar-refractivity contribution in [2.75, 3.05) is 33.9 Å². The van der Waals surface area contributed by atoms with Gasteiger partial charge in [-0.25, -0.2) is 0 Å². The average Bonchev–Trinajstić information content (AvgIpc) is 2.39. The second-order valence-electron chi connectivity index (χ2n) is 5.36. The minimum atomic E-state index is -0.605. The molecule has 1 aromatic carbocycles. The molecule has 19 heavy (non-hydrogen) atoms. The fourth-order valence-corrected chi connectivity index (χ4v) is 2.55. The van der Waals surface area contributed by atoms with Gasteiger partial charge in [-0.1, -0.05) is 12.1 Å². The van der Waals surface area contributed by atoms with E-state index in [9.17, 15) is 5.11 Å². The van der Waals surface area contributed by atoms with Gasteiger partial charge in [0.25, 0.3) is 0 Å². The summed E-state index contributed by atoms with van der Waals surface area (Å²) < 4.78 is 10.5. The van der Waals surface area contributed by atoms with Gasteiger partial charge >= 0.3 is 0 Å². The number of rotatable bonds is 5. The molecule has 0 amide bonds. The number of methoxy groups -OCH3 is 1. The van der Waals surface area contributed by atoms with E-state index in [4.69, 9.17) is 9.47 Å². The van der Waals surface area contributed by atoms with Crippen LogP contribution in [-0.2, 0) is 11.3 Å². The van der Waals surface area contributed by atoms with E-state index in [1.54, 1.807) is 7.11 Å². The summed E-state index contributed by atoms with van der Waals surface area (Å²) in [7, 11) is 3.71. The Hall–Kier alpha value is -1.10. The lowest BCUT2D eigenvalue weighted by Gasteiger charge is -2.35. The third-order valence-corrected chi connectivity index (χ3v) is 3.57. The van der Waals surface area contributed by atoms with Gasteiger partial charge in [0.1, 0.15) is 5.75 Å². The number of ether oxygens (including phenoxy) is 2. The molecule has 0 saturated carbocycles. The highest BCUT2D eigenvalue weighted by Crippen LogP contribution is 2.22. The van der Waals surface area contributed by atoms with Gasteiger partial charge in [0.05, 0.1) is 12.7 Å². The van der Waals surface area contributed by atoms with Crippen molar-refractivity contribution in [1.29, 1.82) is 0 Å². The summed E-state index contributed by atoms with van der Waals surface area (Å²) in [5.74, 6) is 0.871. The third-order valence-electron chi connectivity index (χ3n) is 3.57. The summed E-state index contributed by atoms with van der Waals surface area (Å²) in [6.45, 7) is 2.79. The van der Waals surface area contributed by atoms with Crippen molar-refractivity contribution in [2.45, 2.75) is 25.0 Å². The van der Waals surface area contributed by atoms with E-state index >= 15 is 0 Å². The van der Waals surface area contributed by atoms with Crippen molar-refractivity contribution in [3.63, 3.8) is 0 Å². The topological polar surface area (TPSA) is 41.9 Å². The minimum absolute atomic E-state index is 0.605. The SMILES string of the molecule is COc1cccc(CN(C)CC2(O)CCOCC2)c1. The van der Waals surface area contributed by atoms with Crippen LogP contribution in [0.2, 0.25) is 0 Å². The lowest BCUT2D eigenvalue weighted by molar-refractivity contribution is -0.0777. The van der Waals surface area contributed by atoms with E-state index in [0.29, 0.717) is 19.8 Å². The Kier molecular flexibility index (Phi) is 4.80. The zero-order valence-corrected chi connectivity index (χ0v) is 11.8. The highest BCUT2D eigenvalue weighted by atomic mass is 16.5. The van der Waals surface area contributed by atoms with Crippen LogP contribution in [0.4, 0.5) is 0 Å². The largest absolute Gasteiger partial charge is 0.497 e. The van der Waals surface area contributed by atoms with E-state index in [1.165, 1.54) is 5.56 Å². The van der Waals surface area contributed by atoms with Gasteiger partial charge in [0.2, 0.25) is 0 Å². The van der Waals surface area contributed by atoms with E-state index in [1.807, 2.05) is 25.2 Å². The number of nitrogens with zero attached hydrogens (tertiary/aromatic N) is 1. The molecule has 4 heteroatoms. The highest BCUT2D eigenvalue weighted by molar-refractivity contribution is 5.28. The van der Waals surface area contributed by atoms with Gasteiger partial charge < -0.3 is 14.6 Å². The highest BCUT2D eigenvalue weighted by Gasteiger charge is 2.30. The first-order chi connectivity index (χ1) is 9.11. The smallest absolute Gasteiger partial charge is 0.119 e. The Morgan fingerprint density at radius 3 is 2.79 bits per heavy atom. The van der Waals surface area contributed by atoms with E-state index in [0.717, 1.165) is 25.1 Å². The summed E-state index contributed by atoms with van der Waals surface area (Å²) >= 11 is 0. The van der Waals surface area contributed by atoms with Crippen molar-refractivity contribution in [3.8, 4) is 5.75 Å². The molecule has 0 aromatic heterocycles. The zero-order valence-electron chi connectivity index (χ0n) is 11.8. The van der Waals surface area contributed by atoms with Gasteiger partial charge in [-0.3, -0.25) is 4.90 Å². The number of hydrogen-bond donors (Lipinski definition) is 1. The van der Waals surface area contributed by atoms with Crippen LogP contribution < -0.4 is 4.74 Å². The quantitative estimate of drug-likeness (QED) is 0.879. The Morgan fingerprint density at radius 1 is 1.37 bits per heavy atom. The van der Waals surface area contributed by atoms with Gasteiger partial charge in [-0.05, 0) is 24.7 Å². The maximum absolute atomic E-state index is 10.5. The van der Waals surface area contributed by atoms with Crippen molar-refractivity contribution in [3.05, 3.63) is 29.8 Å². The molecule has 0 aliphatic carbocycles. The molecule has 1 aliphatic heterocycles. The zero-order chi connectivity index (χ0) is 13.7. The van der Waals surface area contributed by atoms with Crippen molar-refractivity contribution < 1.29 is 14.6 Å². The van der Waals surface area contributed by atoms with Gasteiger partial charge in [0, 0.05) is 39.1 Å². The lowest BCUT2D eigenvalue weighted by Crippen LogP contribution is -2.45. The first kappa shape index (κ1) is 14.3. The molecular formula is C15H23NO3. The fourth-order valence-electron chi connectivity index (χ4n) is 2.55. The molecule has 1 heterocycles. The van der Waals surface area contributed by atoms with Crippen LogP contribution in [0.5, 0.6) is 5.75 Å². The Morgan fingerprint density at radius 2 is 2.11 bits per heavy atom. The monoisotopic (exact) mass is 265 g/mol. The number of hydrogen-bond acceptors (Lipinski definition) is 4. The maximum atomic E-state index is 10.5. The summed E-state index contributed by atoms with van der Waals surface area (Å²) in [5, 5.41) is 10.5. The van der Waals surface area contributed by atoms with Crippen LogP contribution in [0.1, 0.15) is 18.4 Å². The predicted molar refractivity (Wildman–Crippen MR) is 74.3 cm³/mol.